The first-order chi connectivity index (χ1) is 7.47. The minimum Gasteiger partial charge on any atom is -0.392 e. The van der Waals surface area contributed by atoms with Crippen molar-refractivity contribution in [3.05, 3.63) is 35.9 Å². The molecule has 0 amide bonds. The van der Waals surface area contributed by atoms with E-state index in [2.05, 4.69) is 0 Å². The molecule has 1 aromatic rings. The summed E-state index contributed by atoms with van der Waals surface area (Å²) < 4.78 is 29.5. The summed E-state index contributed by atoms with van der Waals surface area (Å²) in [5.74, 6) is -0.582. The van der Waals surface area contributed by atoms with Gasteiger partial charge in [-0.05, 0) is 24.8 Å². The second-order valence-corrected chi connectivity index (χ2v) is 5.28. The number of hydrogen-bond donors (Lipinski definition) is 2. The summed E-state index contributed by atoms with van der Waals surface area (Å²) in [5, 5.41) is 9.32. The maximum absolute atomic E-state index is 10.5. The van der Waals surface area contributed by atoms with Gasteiger partial charge in [-0.25, -0.2) is 0 Å². The Bertz CT molecular complexity index is 399. The number of benzene rings is 1. The van der Waals surface area contributed by atoms with Crippen molar-refractivity contribution in [2.45, 2.75) is 25.4 Å². The maximum atomic E-state index is 10.5. The standard InChI is InChI=1S/C11H16O4S/c12-11(9-16(13,14)15)8-4-7-10-5-2-1-3-6-10/h1-3,5-6,11-12H,4,7-9H2,(H,13,14,15). The fraction of sp³-hybridized carbons (Fsp3) is 0.455. The van der Waals surface area contributed by atoms with Crippen molar-refractivity contribution in [3.63, 3.8) is 0 Å². The van der Waals surface area contributed by atoms with Crippen LogP contribution in [0.25, 0.3) is 0 Å². The van der Waals surface area contributed by atoms with Gasteiger partial charge in [0, 0.05) is 0 Å². The molecule has 16 heavy (non-hydrogen) atoms. The molecule has 0 fully saturated rings. The van der Waals surface area contributed by atoms with Gasteiger partial charge in [0.05, 0.1) is 6.10 Å². The Kier molecular flexibility index (Phi) is 4.92. The summed E-state index contributed by atoms with van der Waals surface area (Å²) in [6.45, 7) is 0. The fourth-order valence-corrected chi connectivity index (χ4v) is 2.17. The molecule has 4 nitrogen and oxygen atoms in total. The molecule has 0 heterocycles. The van der Waals surface area contributed by atoms with E-state index in [-0.39, 0.29) is 0 Å². The number of aliphatic hydroxyl groups excluding tert-OH is 1. The fourth-order valence-electron chi connectivity index (χ4n) is 1.51. The molecular weight excluding hydrogens is 228 g/mol. The molecule has 1 atom stereocenters. The minimum atomic E-state index is -4.07. The van der Waals surface area contributed by atoms with E-state index in [1.54, 1.807) is 0 Å². The van der Waals surface area contributed by atoms with Gasteiger partial charge in [-0.15, -0.1) is 0 Å². The molecular formula is C11H16O4S. The largest absolute Gasteiger partial charge is 0.392 e. The SMILES string of the molecule is O=S(=O)(O)CC(O)CCCc1ccccc1. The Morgan fingerprint density at radius 1 is 1.19 bits per heavy atom. The van der Waals surface area contributed by atoms with Gasteiger partial charge in [0.25, 0.3) is 10.1 Å². The predicted molar refractivity (Wildman–Crippen MR) is 61.8 cm³/mol. The number of rotatable bonds is 6. The average Bonchev–Trinajstić information content (AvgIpc) is 2.16. The van der Waals surface area contributed by atoms with Gasteiger partial charge in [-0.3, -0.25) is 4.55 Å². The summed E-state index contributed by atoms with van der Waals surface area (Å²) in [6.07, 6.45) is 0.873. The van der Waals surface area contributed by atoms with Gasteiger partial charge in [0.15, 0.2) is 0 Å². The van der Waals surface area contributed by atoms with Crippen LogP contribution < -0.4 is 0 Å². The predicted octanol–water partition coefficient (Wildman–Crippen LogP) is 1.26. The molecule has 0 saturated heterocycles. The number of hydrogen-bond acceptors (Lipinski definition) is 3. The first-order valence-electron chi connectivity index (χ1n) is 5.14. The smallest absolute Gasteiger partial charge is 0.267 e. The number of aliphatic hydroxyl groups is 1. The molecule has 0 aromatic heterocycles. The zero-order valence-corrected chi connectivity index (χ0v) is 9.73. The van der Waals surface area contributed by atoms with Crippen molar-refractivity contribution in [2.75, 3.05) is 5.75 Å². The van der Waals surface area contributed by atoms with Crippen molar-refractivity contribution in [2.24, 2.45) is 0 Å². The van der Waals surface area contributed by atoms with Gasteiger partial charge in [0.1, 0.15) is 5.75 Å². The minimum absolute atomic E-state index is 0.370. The second kappa shape index (κ2) is 5.98. The third-order valence-corrected chi connectivity index (χ3v) is 3.05. The Balaban J connectivity index is 2.26. The van der Waals surface area contributed by atoms with E-state index in [0.717, 1.165) is 12.0 Å². The second-order valence-electron chi connectivity index (χ2n) is 3.78. The molecule has 0 saturated carbocycles. The van der Waals surface area contributed by atoms with E-state index >= 15 is 0 Å². The van der Waals surface area contributed by atoms with Gasteiger partial charge in [-0.2, -0.15) is 8.42 Å². The first-order valence-corrected chi connectivity index (χ1v) is 6.75. The highest BCUT2D eigenvalue weighted by molar-refractivity contribution is 7.85. The normalized spacial score (nSPS) is 13.6. The molecule has 0 bridgehead atoms. The molecule has 90 valence electrons. The zero-order valence-electron chi connectivity index (χ0n) is 8.91. The van der Waals surface area contributed by atoms with Crippen LogP contribution >= 0.6 is 0 Å². The Labute approximate surface area is 95.7 Å². The van der Waals surface area contributed by atoms with Crippen LogP contribution in [0.4, 0.5) is 0 Å². The van der Waals surface area contributed by atoms with E-state index in [4.69, 9.17) is 4.55 Å². The Morgan fingerprint density at radius 3 is 2.38 bits per heavy atom. The lowest BCUT2D eigenvalue weighted by Gasteiger charge is -2.08. The van der Waals surface area contributed by atoms with Crippen LogP contribution in [-0.4, -0.2) is 29.9 Å². The van der Waals surface area contributed by atoms with Crippen LogP contribution in [-0.2, 0) is 16.5 Å². The Morgan fingerprint density at radius 2 is 1.81 bits per heavy atom. The molecule has 1 rings (SSSR count). The van der Waals surface area contributed by atoms with Crippen LogP contribution in [0, 0.1) is 0 Å². The summed E-state index contributed by atoms with van der Waals surface area (Å²) in [5.41, 5.74) is 1.15. The molecule has 0 aliphatic rings. The lowest BCUT2D eigenvalue weighted by molar-refractivity contribution is 0.182. The summed E-state index contributed by atoms with van der Waals surface area (Å²) in [7, 11) is -4.07. The average molecular weight is 244 g/mol. The third-order valence-electron chi connectivity index (χ3n) is 2.25. The van der Waals surface area contributed by atoms with Gasteiger partial charge in [-0.1, -0.05) is 30.3 Å². The van der Waals surface area contributed by atoms with Crippen molar-refractivity contribution >= 4 is 10.1 Å². The highest BCUT2D eigenvalue weighted by atomic mass is 32.2. The summed E-state index contributed by atoms with van der Waals surface area (Å²) in [4.78, 5) is 0. The molecule has 0 aliphatic carbocycles. The Hall–Kier alpha value is -0.910. The van der Waals surface area contributed by atoms with E-state index in [9.17, 15) is 13.5 Å². The van der Waals surface area contributed by atoms with Crippen molar-refractivity contribution in [3.8, 4) is 0 Å². The van der Waals surface area contributed by atoms with Crippen molar-refractivity contribution in [1.29, 1.82) is 0 Å². The zero-order chi connectivity index (χ0) is 12.0. The van der Waals surface area contributed by atoms with Crippen LogP contribution in [0.5, 0.6) is 0 Å². The lowest BCUT2D eigenvalue weighted by Crippen LogP contribution is -2.20. The quantitative estimate of drug-likeness (QED) is 0.739. The highest BCUT2D eigenvalue weighted by Crippen LogP contribution is 2.07. The van der Waals surface area contributed by atoms with E-state index in [1.165, 1.54) is 0 Å². The van der Waals surface area contributed by atoms with E-state index in [0.29, 0.717) is 12.8 Å². The monoisotopic (exact) mass is 244 g/mol. The van der Waals surface area contributed by atoms with Crippen LogP contribution in [0.15, 0.2) is 30.3 Å². The molecule has 0 radical (unpaired) electrons. The van der Waals surface area contributed by atoms with Gasteiger partial charge >= 0.3 is 0 Å². The topological polar surface area (TPSA) is 74.6 Å². The van der Waals surface area contributed by atoms with Crippen LogP contribution in [0.3, 0.4) is 0 Å². The van der Waals surface area contributed by atoms with Gasteiger partial charge in [0.2, 0.25) is 0 Å². The van der Waals surface area contributed by atoms with E-state index < -0.39 is 22.0 Å². The molecule has 1 aromatic carbocycles. The van der Waals surface area contributed by atoms with Crippen LogP contribution in [0.2, 0.25) is 0 Å². The molecule has 1 unspecified atom stereocenters. The summed E-state index contributed by atoms with van der Waals surface area (Å²) >= 11 is 0. The van der Waals surface area contributed by atoms with E-state index in [1.807, 2.05) is 30.3 Å². The molecule has 0 aliphatic heterocycles. The third kappa shape index (κ3) is 5.85. The lowest BCUT2D eigenvalue weighted by atomic mass is 10.1. The van der Waals surface area contributed by atoms with Crippen LogP contribution in [0.1, 0.15) is 18.4 Å². The first kappa shape index (κ1) is 13.2. The molecule has 0 spiro atoms. The molecule has 5 heteroatoms. The van der Waals surface area contributed by atoms with Crippen molar-refractivity contribution in [1.82, 2.24) is 0 Å². The highest BCUT2D eigenvalue weighted by Gasteiger charge is 2.13. The number of aryl methyl sites for hydroxylation is 1. The van der Waals surface area contributed by atoms with Gasteiger partial charge < -0.3 is 5.11 Å². The molecule has 2 N–H and O–H groups in total. The maximum Gasteiger partial charge on any atom is 0.267 e. The summed E-state index contributed by atoms with van der Waals surface area (Å²) in [6, 6.07) is 9.76. The van der Waals surface area contributed by atoms with Crippen molar-refractivity contribution < 1.29 is 18.1 Å².